The lowest BCUT2D eigenvalue weighted by Crippen LogP contribution is -2.30. The predicted molar refractivity (Wildman–Crippen MR) is 275 cm³/mol. The maximum absolute atomic E-state index is 14.6. The minimum Gasteiger partial charge on any atom is -0.496 e. The van der Waals surface area contributed by atoms with Crippen molar-refractivity contribution in [1.82, 2.24) is 4.57 Å². The number of fused-ring (bicyclic) bond motifs is 3. The fourth-order valence-corrected chi connectivity index (χ4v) is 11.8. The molecule has 0 saturated heterocycles. The summed E-state index contributed by atoms with van der Waals surface area (Å²) in [4.78, 5) is 14.6. The van der Waals surface area contributed by atoms with E-state index in [9.17, 15) is 4.79 Å². The standard InChI is InChI=1S/C57H67N2O5P/c1-54(2,3)37-27-35(28-38(32-37)55(4,5)6)34-23-24-42-43-26-25-41(36-29-39(56(7,8)9)33-40(30-36)57(10,11)12)50(49(43)59(53(58)60)44(42)31-34)65(51-45(61-13)19-17-20-46(51)62-14)52-47(63-15)21-18-22-48(52)64-16/h17-33H,1-16H3,(H2,58,60). The summed E-state index contributed by atoms with van der Waals surface area (Å²) in [6.07, 6.45) is 0. The molecule has 0 spiro atoms. The van der Waals surface area contributed by atoms with Crippen molar-refractivity contribution >= 4 is 51.7 Å². The summed E-state index contributed by atoms with van der Waals surface area (Å²) in [7, 11) is 4.94. The molecule has 1 amide bonds. The monoisotopic (exact) mass is 890 g/mol. The van der Waals surface area contributed by atoms with E-state index in [1.807, 2.05) is 36.4 Å². The molecule has 0 aliphatic heterocycles. The number of primary amides is 1. The number of methoxy groups -OCH3 is 4. The SMILES string of the molecule is COc1cccc(OC)c1P(c1c(OC)cccc1OC)c1c(-c2cc(C(C)(C)C)cc(C(C)(C)C)c2)ccc2c3ccc(-c4cc(C(C)(C)C)cc(C(C)(C)C)c4)cc3n(C(N)=O)c12. The van der Waals surface area contributed by atoms with Crippen molar-refractivity contribution in [2.24, 2.45) is 5.73 Å². The Morgan fingerprint density at radius 1 is 0.462 bits per heavy atom. The van der Waals surface area contributed by atoms with E-state index in [0.717, 1.165) is 54.5 Å². The molecule has 340 valence electrons. The molecule has 0 radical (unpaired) electrons. The molecule has 0 fully saturated rings. The average Bonchev–Trinajstić information content (AvgIpc) is 3.59. The van der Waals surface area contributed by atoms with E-state index < -0.39 is 14.0 Å². The van der Waals surface area contributed by atoms with E-state index in [2.05, 4.69) is 150 Å². The van der Waals surface area contributed by atoms with Gasteiger partial charge in [-0.3, -0.25) is 4.57 Å². The minimum absolute atomic E-state index is 0.0824. The predicted octanol–water partition coefficient (Wildman–Crippen LogP) is 13.0. The van der Waals surface area contributed by atoms with Crippen LogP contribution in [0, 0.1) is 0 Å². The first-order valence-electron chi connectivity index (χ1n) is 22.4. The summed E-state index contributed by atoms with van der Waals surface area (Å²) in [6.45, 7) is 27.0. The van der Waals surface area contributed by atoms with Crippen LogP contribution in [0.3, 0.4) is 0 Å². The highest BCUT2D eigenvalue weighted by Crippen LogP contribution is 2.51. The van der Waals surface area contributed by atoms with Crippen molar-refractivity contribution in [3.63, 3.8) is 0 Å². The second-order valence-corrected chi connectivity index (χ2v) is 23.2. The van der Waals surface area contributed by atoms with Gasteiger partial charge in [0.05, 0.1) is 50.1 Å². The molecular weight excluding hydrogens is 824 g/mol. The molecule has 0 aliphatic rings. The van der Waals surface area contributed by atoms with Gasteiger partial charge in [0.15, 0.2) is 0 Å². The summed E-state index contributed by atoms with van der Waals surface area (Å²) in [5, 5.41) is 4.30. The quantitative estimate of drug-likeness (QED) is 0.146. The number of benzene rings is 6. The van der Waals surface area contributed by atoms with Gasteiger partial charge in [0, 0.05) is 24.0 Å². The average molecular weight is 891 g/mol. The third kappa shape index (κ3) is 8.85. The van der Waals surface area contributed by atoms with Crippen LogP contribution in [0.5, 0.6) is 23.0 Å². The van der Waals surface area contributed by atoms with Gasteiger partial charge in [-0.05, 0) is 96.5 Å². The number of ether oxygens (including phenoxy) is 4. The van der Waals surface area contributed by atoms with Crippen molar-refractivity contribution in [3.05, 3.63) is 125 Å². The normalized spacial score (nSPS) is 12.6. The number of nitrogens with two attached hydrogens (primary N) is 1. The molecule has 1 heterocycles. The Balaban J connectivity index is 1.75. The molecule has 0 bridgehead atoms. The number of rotatable bonds is 9. The van der Waals surface area contributed by atoms with Gasteiger partial charge in [0.2, 0.25) is 0 Å². The van der Waals surface area contributed by atoms with Gasteiger partial charge in [-0.2, -0.15) is 0 Å². The number of amides is 1. The number of hydrogen-bond acceptors (Lipinski definition) is 5. The molecule has 65 heavy (non-hydrogen) atoms. The van der Waals surface area contributed by atoms with Gasteiger partial charge in [-0.25, -0.2) is 4.79 Å². The lowest BCUT2D eigenvalue weighted by molar-refractivity contribution is 0.252. The molecule has 7 rings (SSSR count). The van der Waals surface area contributed by atoms with Gasteiger partial charge >= 0.3 is 6.03 Å². The molecule has 0 saturated carbocycles. The Labute approximate surface area is 388 Å². The van der Waals surface area contributed by atoms with Gasteiger partial charge in [-0.15, -0.1) is 0 Å². The van der Waals surface area contributed by atoms with Crippen LogP contribution >= 0.6 is 7.92 Å². The van der Waals surface area contributed by atoms with Crippen LogP contribution in [0.25, 0.3) is 44.1 Å². The second-order valence-electron chi connectivity index (χ2n) is 21.2. The summed E-state index contributed by atoms with van der Waals surface area (Å²) in [6, 6.07) is 35.8. The van der Waals surface area contributed by atoms with Gasteiger partial charge in [0.1, 0.15) is 23.0 Å². The van der Waals surface area contributed by atoms with Crippen LogP contribution < -0.4 is 40.6 Å². The first kappa shape index (κ1) is 47.2. The highest BCUT2D eigenvalue weighted by atomic mass is 31.1. The van der Waals surface area contributed by atoms with Gasteiger partial charge < -0.3 is 24.7 Å². The molecule has 7 aromatic rings. The number of nitrogens with zero attached hydrogens (tertiary/aromatic N) is 1. The molecule has 6 aromatic carbocycles. The number of carbonyl (C=O) groups excluding carboxylic acids is 1. The smallest absolute Gasteiger partial charge is 0.323 e. The second kappa shape index (κ2) is 17.2. The molecule has 2 N–H and O–H groups in total. The minimum atomic E-state index is -1.76. The van der Waals surface area contributed by atoms with E-state index in [1.165, 1.54) is 22.3 Å². The van der Waals surface area contributed by atoms with E-state index >= 15 is 0 Å². The lowest BCUT2D eigenvalue weighted by Gasteiger charge is -2.30. The first-order chi connectivity index (χ1) is 30.4. The third-order valence-corrected chi connectivity index (χ3v) is 15.2. The van der Waals surface area contributed by atoms with E-state index in [-0.39, 0.29) is 21.7 Å². The van der Waals surface area contributed by atoms with E-state index in [4.69, 9.17) is 24.7 Å². The Bertz CT molecular complexity index is 2790. The molecule has 0 atom stereocenters. The zero-order chi connectivity index (χ0) is 47.6. The van der Waals surface area contributed by atoms with Crippen LogP contribution in [0.2, 0.25) is 0 Å². The number of aromatic nitrogens is 1. The zero-order valence-electron chi connectivity index (χ0n) is 41.3. The maximum Gasteiger partial charge on any atom is 0.323 e. The fraction of sp³-hybridized carbons (Fsp3) is 0.351. The Morgan fingerprint density at radius 3 is 1.22 bits per heavy atom. The van der Waals surface area contributed by atoms with Crippen molar-refractivity contribution in [2.45, 2.75) is 105 Å². The van der Waals surface area contributed by atoms with Crippen LogP contribution in [0.4, 0.5) is 4.79 Å². The largest absolute Gasteiger partial charge is 0.496 e. The Morgan fingerprint density at radius 2 is 0.846 bits per heavy atom. The fourth-order valence-electron chi connectivity index (χ4n) is 8.70. The first-order valence-corrected chi connectivity index (χ1v) is 23.7. The van der Waals surface area contributed by atoms with E-state index in [1.54, 1.807) is 33.0 Å². The van der Waals surface area contributed by atoms with E-state index in [0.29, 0.717) is 28.5 Å². The summed E-state index contributed by atoms with van der Waals surface area (Å²) < 4.78 is 26.8. The van der Waals surface area contributed by atoms with Crippen molar-refractivity contribution in [2.75, 3.05) is 28.4 Å². The van der Waals surface area contributed by atoms with Gasteiger partial charge in [-0.1, -0.05) is 156 Å². The summed E-state index contributed by atoms with van der Waals surface area (Å²) in [5.41, 5.74) is 16.5. The third-order valence-electron chi connectivity index (χ3n) is 12.6. The highest BCUT2D eigenvalue weighted by Gasteiger charge is 2.36. The lowest BCUT2D eigenvalue weighted by atomic mass is 9.79. The van der Waals surface area contributed by atoms with Crippen LogP contribution in [-0.2, 0) is 21.7 Å². The molecule has 0 unspecified atom stereocenters. The maximum atomic E-state index is 14.6. The highest BCUT2D eigenvalue weighted by molar-refractivity contribution is 7.81. The van der Waals surface area contributed by atoms with Crippen LogP contribution in [-0.4, -0.2) is 39.0 Å². The van der Waals surface area contributed by atoms with Crippen LogP contribution in [0.1, 0.15) is 105 Å². The molecule has 7 nitrogen and oxygen atoms in total. The van der Waals surface area contributed by atoms with Crippen molar-refractivity contribution in [3.8, 4) is 45.3 Å². The number of hydrogen-bond donors (Lipinski definition) is 1. The molecule has 0 aliphatic carbocycles. The molecule has 8 heteroatoms. The Kier molecular flexibility index (Phi) is 12.5. The summed E-state index contributed by atoms with van der Waals surface area (Å²) >= 11 is 0. The van der Waals surface area contributed by atoms with Gasteiger partial charge in [0.25, 0.3) is 0 Å². The number of carbonyl (C=O) groups is 1. The Hall–Kier alpha value is -5.78. The van der Waals surface area contributed by atoms with Crippen molar-refractivity contribution in [1.29, 1.82) is 0 Å². The molecular formula is C57H67N2O5P. The van der Waals surface area contributed by atoms with Crippen LogP contribution in [0.15, 0.2) is 103 Å². The molecule has 1 aromatic heterocycles. The zero-order valence-corrected chi connectivity index (χ0v) is 42.2. The van der Waals surface area contributed by atoms with Crippen molar-refractivity contribution < 1.29 is 23.7 Å². The summed E-state index contributed by atoms with van der Waals surface area (Å²) in [5.74, 6) is 2.51. The topological polar surface area (TPSA) is 84.9 Å².